The van der Waals surface area contributed by atoms with Gasteiger partial charge in [-0.3, -0.25) is 0 Å². The Morgan fingerprint density at radius 3 is 2.31 bits per heavy atom. The number of benzene rings is 1. The number of methoxy groups -OCH3 is 1. The van der Waals surface area contributed by atoms with Gasteiger partial charge in [-0.05, 0) is 34.1 Å². The van der Waals surface area contributed by atoms with Crippen LogP contribution in [0.5, 0.6) is 5.75 Å². The summed E-state index contributed by atoms with van der Waals surface area (Å²) in [5.41, 5.74) is 3.48. The fourth-order valence-corrected chi connectivity index (χ4v) is 3.49. The molecule has 26 heavy (non-hydrogen) atoms. The second-order valence-corrected chi connectivity index (χ2v) is 9.33. The van der Waals surface area contributed by atoms with Crippen LogP contribution in [-0.4, -0.2) is 23.3 Å². The first-order chi connectivity index (χ1) is 11.9. The monoisotopic (exact) mass is 376 g/mol. The summed E-state index contributed by atoms with van der Waals surface area (Å²) >= 11 is 1.49. The Hall–Kier alpha value is -2.08. The third-order valence-corrected chi connectivity index (χ3v) is 5.00. The van der Waals surface area contributed by atoms with E-state index in [1.54, 1.807) is 0 Å². The zero-order valence-electron chi connectivity index (χ0n) is 16.6. The molecule has 0 saturated carbocycles. The minimum atomic E-state index is -0.475. The molecule has 0 unspecified atom stereocenters. The lowest BCUT2D eigenvalue weighted by atomic mass is 9.78. The summed E-state index contributed by atoms with van der Waals surface area (Å²) in [6.07, 6.45) is -0.475. The summed E-state index contributed by atoms with van der Waals surface area (Å²) in [6, 6.07) is 3.91. The molecule has 0 aliphatic heterocycles. The van der Waals surface area contributed by atoms with E-state index in [9.17, 15) is 9.90 Å². The summed E-state index contributed by atoms with van der Waals surface area (Å²) in [4.78, 5) is 15.9. The number of phenols is 1. The molecule has 0 spiro atoms. The lowest BCUT2D eigenvalue weighted by molar-refractivity contribution is 0.170. The fraction of sp³-hybridized carbons (Fsp3) is 0.500. The Morgan fingerprint density at radius 2 is 1.77 bits per heavy atom. The van der Waals surface area contributed by atoms with Crippen molar-refractivity contribution in [1.82, 2.24) is 10.3 Å². The number of nitrogens with one attached hydrogen (secondary N) is 1. The van der Waals surface area contributed by atoms with E-state index in [2.05, 4.69) is 56.6 Å². The van der Waals surface area contributed by atoms with E-state index in [-0.39, 0.29) is 10.8 Å². The van der Waals surface area contributed by atoms with Crippen LogP contribution >= 0.6 is 11.3 Å². The second kappa shape index (κ2) is 7.27. The molecule has 1 aromatic heterocycles. The smallest absolute Gasteiger partial charge is 0.407 e. The van der Waals surface area contributed by atoms with Gasteiger partial charge < -0.3 is 15.2 Å². The van der Waals surface area contributed by atoms with Gasteiger partial charge in [-0.15, -0.1) is 11.3 Å². The maximum atomic E-state index is 11.3. The van der Waals surface area contributed by atoms with Gasteiger partial charge in [0.1, 0.15) is 10.8 Å². The Bertz CT molecular complexity index is 798. The average Bonchev–Trinajstić information content (AvgIpc) is 2.99. The number of carbonyl (C=O) groups is 1. The third-order valence-electron chi connectivity index (χ3n) is 4.15. The molecule has 1 aromatic carbocycles. The van der Waals surface area contributed by atoms with Crippen molar-refractivity contribution in [2.45, 2.75) is 58.9 Å². The number of phenolic OH excluding ortho intramolecular Hbond substituents is 1. The highest BCUT2D eigenvalue weighted by atomic mass is 32.1. The van der Waals surface area contributed by atoms with Gasteiger partial charge in [-0.1, -0.05) is 41.5 Å². The van der Waals surface area contributed by atoms with Crippen molar-refractivity contribution < 1.29 is 14.6 Å². The van der Waals surface area contributed by atoms with E-state index in [1.807, 2.05) is 17.5 Å². The minimum absolute atomic E-state index is 0.142. The number of hydrogen-bond donors (Lipinski definition) is 2. The van der Waals surface area contributed by atoms with E-state index in [0.29, 0.717) is 12.3 Å². The topological polar surface area (TPSA) is 71.5 Å². The SMILES string of the molecule is COC(=O)NCc1nc(-c2cc(C(C)(C)C)c(O)cc2C(C)(C)C)cs1. The van der Waals surface area contributed by atoms with Crippen LogP contribution in [0.25, 0.3) is 11.3 Å². The molecule has 0 radical (unpaired) electrons. The molecule has 0 bridgehead atoms. The van der Waals surface area contributed by atoms with E-state index in [4.69, 9.17) is 0 Å². The molecule has 2 rings (SSSR count). The number of rotatable bonds is 3. The molecule has 6 heteroatoms. The molecule has 1 amide bonds. The Labute approximate surface area is 159 Å². The lowest BCUT2D eigenvalue weighted by Crippen LogP contribution is -2.22. The molecule has 142 valence electrons. The Morgan fingerprint density at radius 1 is 1.15 bits per heavy atom. The number of aromatic nitrogens is 1. The lowest BCUT2D eigenvalue weighted by Gasteiger charge is -2.27. The summed E-state index contributed by atoms with van der Waals surface area (Å²) < 4.78 is 4.59. The van der Waals surface area contributed by atoms with Gasteiger partial charge >= 0.3 is 6.09 Å². The summed E-state index contributed by atoms with van der Waals surface area (Å²) in [5.74, 6) is 0.314. The fourth-order valence-electron chi connectivity index (χ4n) is 2.76. The van der Waals surface area contributed by atoms with Gasteiger partial charge in [0.05, 0.1) is 19.3 Å². The molecule has 5 nitrogen and oxygen atoms in total. The molecule has 0 fully saturated rings. The Kier molecular flexibility index (Phi) is 5.66. The van der Waals surface area contributed by atoms with Crippen LogP contribution < -0.4 is 5.32 Å². The maximum absolute atomic E-state index is 11.3. The highest BCUT2D eigenvalue weighted by molar-refractivity contribution is 7.09. The van der Waals surface area contributed by atoms with Gasteiger partial charge in [-0.2, -0.15) is 0 Å². The van der Waals surface area contributed by atoms with E-state index >= 15 is 0 Å². The van der Waals surface area contributed by atoms with E-state index in [1.165, 1.54) is 18.4 Å². The summed E-state index contributed by atoms with van der Waals surface area (Å²) in [5, 5.41) is 16.0. The maximum Gasteiger partial charge on any atom is 0.407 e. The predicted octanol–water partition coefficient (Wildman–Crippen LogP) is 4.97. The number of alkyl carbamates (subject to hydrolysis) is 1. The van der Waals surface area contributed by atoms with Crippen LogP contribution in [0.15, 0.2) is 17.5 Å². The van der Waals surface area contributed by atoms with Crippen molar-refractivity contribution in [2.75, 3.05) is 7.11 Å². The van der Waals surface area contributed by atoms with E-state index < -0.39 is 6.09 Å². The number of amides is 1. The largest absolute Gasteiger partial charge is 0.508 e. The number of ether oxygens (including phenoxy) is 1. The van der Waals surface area contributed by atoms with Crippen molar-refractivity contribution >= 4 is 17.4 Å². The highest BCUT2D eigenvalue weighted by Crippen LogP contribution is 2.41. The van der Waals surface area contributed by atoms with Gasteiger partial charge in [-0.25, -0.2) is 9.78 Å². The van der Waals surface area contributed by atoms with Gasteiger partial charge in [0, 0.05) is 10.9 Å². The van der Waals surface area contributed by atoms with Crippen LogP contribution in [0.4, 0.5) is 4.79 Å². The predicted molar refractivity (Wildman–Crippen MR) is 106 cm³/mol. The van der Waals surface area contributed by atoms with Gasteiger partial charge in [0.2, 0.25) is 0 Å². The van der Waals surface area contributed by atoms with Gasteiger partial charge in [0.15, 0.2) is 0 Å². The van der Waals surface area contributed by atoms with Crippen LogP contribution in [0.3, 0.4) is 0 Å². The molecule has 0 aliphatic carbocycles. The highest BCUT2D eigenvalue weighted by Gasteiger charge is 2.26. The van der Waals surface area contributed by atoms with Crippen molar-refractivity contribution in [3.8, 4) is 17.0 Å². The first kappa shape index (κ1) is 20.2. The molecule has 0 aliphatic rings. The zero-order valence-corrected chi connectivity index (χ0v) is 17.4. The molecular weight excluding hydrogens is 348 g/mol. The molecule has 2 aromatic rings. The second-order valence-electron chi connectivity index (χ2n) is 8.39. The normalized spacial score (nSPS) is 12.1. The average molecular weight is 377 g/mol. The van der Waals surface area contributed by atoms with Crippen LogP contribution in [0.2, 0.25) is 0 Å². The summed E-state index contributed by atoms with van der Waals surface area (Å²) in [6.45, 7) is 12.9. The number of aromatic hydroxyl groups is 1. The minimum Gasteiger partial charge on any atom is -0.508 e. The molecule has 0 saturated heterocycles. The number of thiazole rings is 1. The first-order valence-electron chi connectivity index (χ1n) is 8.58. The van der Waals surface area contributed by atoms with Crippen molar-refractivity contribution in [1.29, 1.82) is 0 Å². The van der Waals surface area contributed by atoms with Crippen LogP contribution in [0, 0.1) is 0 Å². The third kappa shape index (κ3) is 4.55. The standard InChI is InChI=1S/C20H28N2O3S/c1-19(2,3)13-9-16(23)14(20(4,5)6)8-12(13)15-11-26-17(22-15)10-21-18(24)25-7/h8-9,11,23H,10H2,1-7H3,(H,21,24). The van der Waals surface area contributed by atoms with Crippen molar-refractivity contribution in [2.24, 2.45) is 0 Å². The van der Waals surface area contributed by atoms with E-state index in [0.717, 1.165) is 27.4 Å². The van der Waals surface area contributed by atoms with Crippen LogP contribution in [-0.2, 0) is 22.1 Å². The molecule has 2 N–H and O–H groups in total. The first-order valence-corrected chi connectivity index (χ1v) is 9.46. The van der Waals surface area contributed by atoms with Crippen molar-refractivity contribution in [3.63, 3.8) is 0 Å². The van der Waals surface area contributed by atoms with Crippen molar-refractivity contribution in [3.05, 3.63) is 33.6 Å². The number of nitrogens with zero attached hydrogens (tertiary/aromatic N) is 1. The summed E-state index contributed by atoms with van der Waals surface area (Å²) in [7, 11) is 1.34. The molecule has 1 heterocycles. The Balaban J connectivity index is 2.50. The number of carbonyl (C=O) groups excluding carboxylic acids is 1. The zero-order chi connectivity index (χ0) is 19.7. The quantitative estimate of drug-likeness (QED) is 0.793. The number of hydrogen-bond acceptors (Lipinski definition) is 5. The van der Waals surface area contributed by atoms with Crippen LogP contribution in [0.1, 0.15) is 57.7 Å². The molecule has 0 atom stereocenters. The van der Waals surface area contributed by atoms with Gasteiger partial charge in [0.25, 0.3) is 0 Å². The molecular formula is C20H28N2O3S.